The zero-order chi connectivity index (χ0) is 12.4. The number of carbonyl (C=O) groups excluding carboxylic acids is 1. The monoisotopic (exact) mass is 319 g/mol. The van der Waals surface area contributed by atoms with Gasteiger partial charge < -0.3 is 4.90 Å². The van der Waals surface area contributed by atoms with Crippen LogP contribution in [0.1, 0.15) is 23.2 Å². The van der Waals surface area contributed by atoms with E-state index in [-0.39, 0.29) is 10.9 Å². The molecule has 92 valence electrons. The van der Waals surface area contributed by atoms with Gasteiger partial charge in [0.15, 0.2) is 0 Å². The van der Waals surface area contributed by atoms with Gasteiger partial charge in [0.05, 0.1) is 10.6 Å². The Morgan fingerprint density at radius 3 is 2.94 bits per heavy atom. The van der Waals surface area contributed by atoms with E-state index in [4.69, 9.17) is 11.6 Å². The van der Waals surface area contributed by atoms with Gasteiger partial charge in [0, 0.05) is 17.9 Å². The number of alkyl halides is 1. The van der Waals surface area contributed by atoms with Crippen molar-refractivity contribution in [3.63, 3.8) is 0 Å². The fourth-order valence-corrected chi connectivity index (χ4v) is 2.86. The number of piperidine rings is 1. The first kappa shape index (κ1) is 12.8. The number of likely N-dealkylation sites (tertiary alicyclic amines) is 1. The summed E-state index contributed by atoms with van der Waals surface area (Å²) in [6, 6.07) is 3.87. The molecule has 1 fully saturated rings. The van der Waals surface area contributed by atoms with Crippen molar-refractivity contribution < 1.29 is 9.18 Å². The number of rotatable bonds is 1. The van der Waals surface area contributed by atoms with E-state index in [2.05, 4.69) is 15.9 Å². The van der Waals surface area contributed by atoms with Crippen LogP contribution >= 0.6 is 27.5 Å². The molecule has 1 aliphatic heterocycles. The molecule has 0 spiro atoms. The van der Waals surface area contributed by atoms with Crippen molar-refractivity contribution in [2.45, 2.75) is 17.7 Å². The number of benzene rings is 1. The lowest BCUT2D eigenvalue weighted by Crippen LogP contribution is -2.40. The van der Waals surface area contributed by atoms with Gasteiger partial charge in [0.2, 0.25) is 0 Å². The average molecular weight is 321 g/mol. The standard InChI is InChI=1S/C12H12BrClFNO/c13-8-2-1-5-16(7-8)12(17)10-4-3-9(15)6-11(10)14/h3-4,6,8H,1-2,5,7H2. The third kappa shape index (κ3) is 2.99. The predicted octanol–water partition coefficient (Wildman–Crippen LogP) is 3.48. The number of halogens is 3. The summed E-state index contributed by atoms with van der Waals surface area (Å²) in [7, 11) is 0. The van der Waals surface area contributed by atoms with Gasteiger partial charge in [-0.1, -0.05) is 27.5 Å². The summed E-state index contributed by atoms with van der Waals surface area (Å²) < 4.78 is 12.9. The van der Waals surface area contributed by atoms with Crippen molar-refractivity contribution in [1.29, 1.82) is 0 Å². The molecule has 2 rings (SSSR count). The quantitative estimate of drug-likeness (QED) is 0.726. The SMILES string of the molecule is O=C(c1ccc(F)cc1Cl)N1CCCC(Br)C1. The van der Waals surface area contributed by atoms with E-state index in [1.54, 1.807) is 4.90 Å². The van der Waals surface area contributed by atoms with E-state index in [0.717, 1.165) is 19.4 Å². The maximum absolute atomic E-state index is 12.9. The Balaban J connectivity index is 2.18. The Labute approximate surface area is 113 Å². The van der Waals surface area contributed by atoms with E-state index in [1.165, 1.54) is 18.2 Å². The number of hydrogen-bond acceptors (Lipinski definition) is 1. The van der Waals surface area contributed by atoms with Gasteiger partial charge in [0.1, 0.15) is 5.82 Å². The second-order valence-electron chi connectivity index (χ2n) is 4.11. The summed E-state index contributed by atoms with van der Waals surface area (Å²) in [5.74, 6) is -0.553. The molecule has 17 heavy (non-hydrogen) atoms. The molecule has 0 N–H and O–H groups in total. The molecule has 0 radical (unpaired) electrons. The highest BCUT2D eigenvalue weighted by Gasteiger charge is 2.24. The van der Waals surface area contributed by atoms with Crippen LogP contribution in [0.25, 0.3) is 0 Å². The first-order valence-corrected chi connectivity index (χ1v) is 6.75. The van der Waals surface area contributed by atoms with Crippen LogP contribution in [0.2, 0.25) is 5.02 Å². The molecular weight excluding hydrogens is 308 g/mol. The van der Waals surface area contributed by atoms with E-state index < -0.39 is 5.82 Å². The van der Waals surface area contributed by atoms with Crippen LogP contribution in [0.4, 0.5) is 4.39 Å². The Morgan fingerprint density at radius 1 is 1.53 bits per heavy atom. The number of hydrogen-bond donors (Lipinski definition) is 0. The molecule has 1 aliphatic rings. The van der Waals surface area contributed by atoms with Crippen molar-refractivity contribution in [2.24, 2.45) is 0 Å². The predicted molar refractivity (Wildman–Crippen MR) is 69.3 cm³/mol. The lowest BCUT2D eigenvalue weighted by atomic mass is 10.1. The highest BCUT2D eigenvalue weighted by molar-refractivity contribution is 9.09. The van der Waals surface area contributed by atoms with E-state index in [0.29, 0.717) is 16.9 Å². The number of amides is 1. The molecule has 0 bridgehead atoms. The third-order valence-corrected chi connectivity index (χ3v) is 3.87. The Morgan fingerprint density at radius 2 is 2.29 bits per heavy atom. The van der Waals surface area contributed by atoms with Crippen LogP contribution in [0.15, 0.2) is 18.2 Å². The van der Waals surface area contributed by atoms with Gasteiger partial charge in [-0.25, -0.2) is 4.39 Å². The molecule has 1 atom stereocenters. The molecule has 1 unspecified atom stereocenters. The minimum Gasteiger partial charge on any atom is -0.337 e. The Bertz CT molecular complexity index is 441. The summed E-state index contributed by atoms with van der Waals surface area (Å²) >= 11 is 9.39. The van der Waals surface area contributed by atoms with Crippen LogP contribution in [0, 0.1) is 5.82 Å². The summed E-state index contributed by atoms with van der Waals surface area (Å²) in [4.78, 5) is 14.3. The van der Waals surface area contributed by atoms with E-state index in [1.807, 2.05) is 0 Å². The van der Waals surface area contributed by atoms with Gasteiger partial charge in [-0.15, -0.1) is 0 Å². The maximum Gasteiger partial charge on any atom is 0.255 e. The topological polar surface area (TPSA) is 20.3 Å². The normalized spacial score (nSPS) is 20.4. The fraction of sp³-hybridized carbons (Fsp3) is 0.417. The fourth-order valence-electron chi connectivity index (χ4n) is 1.94. The summed E-state index contributed by atoms with van der Waals surface area (Å²) in [6.07, 6.45) is 2.04. The third-order valence-electron chi connectivity index (χ3n) is 2.81. The first-order valence-electron chi connectivity index (χ1n) is 5.46. The van der Waals surface area contributed by atoms with Gasteiger partial charge in [0.25, 0.3) is 5.91 Å². The van der Waals surface area contributed by atoms with Crippen molar-refractivity contribution >= 4 is 33.4 Å². The molecule has 1 amide bonds. The van der Waals surface area contributed by atoms with Crippen molar-refractivity contribution in [3.05, 3.63) is 34.6 Å². The highest BCUT2D eigenvalue weighted by Crippen LogP contribution is 2.23. The summed E-state index contributed by atoms with van der Waals surface area (Å²) in [5, 5.41) is 0.173. The van der Waals surface area contributed by atoms with Crippen LogP contribution in [0.3, 0.4) is 0 Å². The molecule has 2 nitrogen and oxygen atoms in total. The zero-order valence-electron chi connectivity index (χ0n) is 9.13. The number of nitrogens with zero attached hydrogens (tertiary/aromatic N) is 1. The molecule has 1 saturated heterocycles. The van der Waals surface area contributed by atoms with Gasteiger partial charge in [-0.2, -0.15) is 0 Å². The highest BCUT2D eigenvalue weighted by atomic mass is 79.9. The van der Waals surface area contributed by atoms with E-state index in [9.17, 15) is 9.18 Å². The lowest BCUT2D eigenvalue weighted by Gasteiger charge is -2.30. The van der Waals surface area contributed by atoms with Gasteiger partial charge in [-0.3, -0.25) is 4.79 Å². The average Bonchev–Trinajstić information content (AvgIpc) is 2.28. The van der Waals surface area contributed by atoms with Crippen LogP contribution < -0.4 is 0 Å². The Hall–Kier alpha value is -0.610. The molecule has 0 aromatic heterocycles. The van der Waals surface area contributed by atoms with Gasteiger partial charge >= 0.3 is 0 Å². The van der Waals surface area contributed by atoms with Crippen molar-refractivity contribution in [3.8, 4) is 0 Å². The molecule has 0 aliphatic carbocycles. The molecule has 1 heterocycles. The van der Waals surface area contributed by atoms with Crippen molar-refractivity contribution in [1.82, 2.24) is 4.90 Å². The first-order chi connectivity index (χ1) is 8.08. The number of carbonyl (C=O) groups is 1. The second-order valence-corrected chi connectivity index (χ2v) is 5.82. The molecule has 1 aromatic rings. The molecule has 0 saturated carbocycles. The second kappa shape index (κ2) is 5.36. The van der Waals surface area contributed by atoms with Crippen LogP contribution in [-0.2, 0) is 0 Å². The largest absolute Gasteiger partial charge is 0.337 e. The van der Waals surface area contributed by atoms with Crippen LogP contribution in [0.5, 0.6) is 0 Å². The molecule has 5 heteroatoms. The van der Waals surface area contributed by atoms with Gasteiger partial charge in [-0.05, 0) is 31.0 Å². The molecule has 1 aromatic carbocycles. The lowest BCUT2D eigenvalue weighted by molar-refractivity contribution is 0.0730. The van der Waals surface area contributed by atoms with Crippen molar-refractivity contribution in [2.75, 3.05) is 13.1 Å². The van der Waals surface area contributed by atoms with E-state index >= 15 is 0 Å². The summed E-state index contributed by atoms with van der Waals surface area (Å²) in [5.41, 5.74) is 0.370. The van der Waals surface area contributed by atoms with Crippen LogP contribution in [-0.4, -0.2) is 28.7 Å². The Kier molecular flexibility index (Phi) is 4.05. The maximum atomic E-state index is 12.9. The minimum absolute atomic E-state index is 0.126. The zero-order valence-corrected chi connectivity index (χ0v) is 11.5. The summed E-state index contributed by atoms with van der Waals surface area (Å²) in [6.45, 7) is 1.40. The minimum atomic E-state index is -0.427. The smallest absolute Gasteiger partial charge is 0.255 e. The molecular formula is C12H12BrClFNO.